The lowest BCUT2D eigenvalue weighted by Gasteiger charge is -2.56. The summed E-state index contributed by atoms with van der Waals surface area (Å²) in [4.78, 5) is 36.3. The first-order valence-corrected chi connectivity index (χ1v) is 10.4. The van der Waals surface area contributed by atoms with Crippen LogP contribution >= 0.6 is 11.6 Å². The maximum Gasteiger partial charge on any atom is 0.257 e. The second-order valence-electron chi connectivity index (χ2n) is 8.88. The summed E-state index contributed by atoms with van der Waals surface area (Å²) in [5.41, 5.74) is 5.48. The second kappa shape index (κ2) is 7.74. The Hall–Kier alpha value is -2.08. The van der Waals surface area contributed by atoms with Crippen molar-refractivity contribution in [2.24, 2.45) is 23.2 Å². The number of nitrogens with one attached hydrogen (secondary N) is 3. The van der Waals surface area contributed by atoms with Crippen molar-refractivity contribution in [2.45, 2.75) is 44.9 Å². The SMILES string of the molecule is O=C(CNC(=O)c1ccc(Cl)cc1)NNC(=O)CC12CC3CC(CC(C3)C1)C2. The van der Waals surface area contributed by atoms with Crippen molar-refractivity contribution in [1.82, 2.24) is 16.2 Å². The Morgan fingerprint density at radius 3 is 2.00 bits per heavy atom. The van der Waals surface area contributed by atoms with Gasteiger partial charge in [0.15, 0.2) is 0 Å². The molecule has 7 heteroatoms. The zero-order valence-electron chi connectivity index (χ0n) is 15.8. The minimum absolute atomic E-state index is 0.131. The molecule has 1 aromatic rings. The number of carbonyl (C=O) groups is 3. The van der Waals surface area contributed by atoms with E-state index in [4.69, 9.17) is 11.6 Å². The predicted octanol–water partition coefficient (Wildman–Crippen LogP) is 2.82. The lowest BCUT2D eigenvalue weighted by molar-refractivity contribution is -0.134. The van der Waals surface area contributed by atoms with Gasteiger partial charge in [-0.3, -0.25) is 25.2 Å². The normalized spacial score (nSPS) is 30.0. The zero-order valence-corrected chi connectivity index (χ0v) is 16.6. The molecule has 5 rings (SSSR count). The van der Waals surface area contributed by atoms with Gasteiger partial charge >= 0.3 is 0 Å². The third-order valence-electron chi connectivity index (χ3n) is 6.56. The topological polar surface area (TPSA) is 87.3 Å². The van der Waals surface area contributed by atoms with Gasteiger partial charge in [0, 0.05) is 17.0 Å². The van der Waals surface area contributed by atoms with E-state index in [1.165, 1.54) is 19.3 Å². The van der Waals surface area contributed by atoms with Gasteiger partial charge in [0.05, 0.1) is 6.54 Å². The summed E-state index contributed by atoms with van der Waals surface area (Å²) in [6.45, 7) is -0.209. The van der Waals surface area contributed by atoms with Crippen molar-refractivity contribution in [3.63, 3.8) is 0 Å². The van der Waals surface area contributed by atoms with Crippen molar-refractivity contribution in [3.8, 4) is 0 Å². The summed E-state index contributed by atoms with van der Waals surface area (Å²) in [7, 11) is 0. The number of carbonyl (C=O) groups excluding carboxylic acids is 3. The molecule has 6 nitrogen and oxygen atoms in total. The molecule has 1 aromatic carbocycles. The molecule has 0 radical (unpaired) electrons. The number of hydrazine groups is 1. The summed E-state index contributed by atoms with van der Waals surface area (Å²) < 4.78 is 0. The highest BCUT2D eigenvalue weighted by Gasteiger charge is 2.51. The summed E-state index contributed by atoms with van der Waals surface area (Å²) in [6.07, 6.45) is 7.95. The third kappa shape index (κ3) is 4.32. The average Bonchev–Trinajstić information content (AvgIpc) is 2.63. The van der Waals surface area contributed by atoms with E-state index in [-0.39, 0.29) is 23.8 Å². The molecule has 0 aromatic heterocycles. The number of halogens is 1. The first-order valence-electron chi connectivity index (χ1n) is 10.0. The highest BCUT2D eigenvalue weighted by atomic mass is 35.5. The van der Waals surface area contributed by atoms with Crippen LogP contribution in [-0.2, 0) is 9.59 Å². The van der Waals surface area contributed by atoms with Crippen LogP contribution in [0.5, 0.6) is 0 Å². The number of benzene rings is 1. The van der Waals surface area contributed by atoms with Gasteiger partial charge < -0.3 is 5.32 Å². The van der Waals surface area contributed by atoms with Gasteiger partial charge in [-0.25, -0.2) is 0 Å². The smallest absolute Gasteiger partial charge is 0.257 e. The fourth-order valence-electron chi connectivity index (χ4n) is 5.94. The summed E-state index contributed by atoms with van der Waals surface area (Å²) >= 11 is 5.79. The molecule has 4 aliphatic rings. The highest BCUT2D eigenvalue weighted by Crippen LogP contribution is 2.61. The van der Waals surface area contributed by atoms with Gasteiger partial charge in [-0.1, -0.05) is 11.6 Å². The predicted molar refractivity (Wildman–Crippen MR) is 105 cm³/mol. The Labute approximate surface area is 169 Å². The minimum Gasteiger partial charge on any atom is -0.343 e. The Kier molecular flexibility index (Phi) is 5.32. The number of rotatable bonds is 5. The Morgan fingerprint density at radius 2 is 1.43 bits per heavy atom. The molecule has 0 atom stereocenters. The van der Waals surface area contributed by atoms with Crippen LogP contribution in [0.2, 0.25) is 5.02 Å². The maximum absolute atomic E-state index is 12.4. The molecular weight excluding hydrogens is 378 g/mol. The largest absolute Gasteiger partial charge is 0.343 e. The van der Waals surface area contributed by atoms with Gasteiger partial charge in [-0.2, -0.15) is 0 Å². The third-order valence-corrected chi connectivity index (χ3v) is 6.81. The molecule has 4 saturated carbocycles. The fraction of sp³-hybridized carbons (Fsp3) is 0.571. The molecule has 150 valence electrons. The highest BCUT2D eigenvalue weighted by molar-refractivity contribution is 6.30. The van der Waals surface area contributed by atoms with Crippen LogP contribution in [0.25, 0.3) is 0 Å². The Morgan fingerprint density at radius 1 is 0.893 bits per heavy atom. The van der Waals surface area contributed by atoms with Gasteiger partial charge in [0.2, 0.25) is 5.91 Å². The molecule has 28 heavy (non-hydrogen) atoms. The van der Waals surface area contributed by atoms with Crippen molar-refractivity contribution < 1.29 is 14.4 Å². The van der Waals surface area contributed by atoms with Crippen LogP contribution in [-0.4, -0.2) is 24.3 Å². The monoisotopic (exact) mass is 403 g/mol. The van der Waals surface area contributed by atoms with E-state index in [9.17, 15) is 14.4 Å². The molecule has 3 amide bonds. The van der Waals surface area contributed by atoms with E-state index in [0.717, 1.165) is 37.0 Å². The fourth-order valence-corrected chi connectivity index (χ4v) is 6.06. The molecule has 0 unspecified atom stereocenters. The number of amides is 3. The summed E-state index contributed by atoms with van der Waals surface area (Å²) in [5, 5.41) is 3.06. The van der Waals surface area contributed by atoms with Crippen LogP contribution in [0.3, 0.4) is 0 Å². The Balaban J connectivity index is 1.20. The zero-order chi connectivity index (χ0) is 19.7. The molecule has 0 heterocycles. The second-order valence-corrected chi connectivity index (χ2v) is 9.32. The van der Waals surface area contributed by atoms with Crippen molar-refractivity contribution >= 4 is 29.3 Å². The van der Waals surface area contributed by atoms with Gasteiger partial charge in [0.25, 0.3) is 11.8 Å². The van der Waals surface area contributed by atoms with Crippen LogP contribution in [0.4, 0.5) is 0 Å². The van der Waals surface area contributed by atoms with Crippen LogP contribution in [0, 0.1) is 23.2 Å². The quantitative estimate of drug-likeness (QED) is 0.660. The minimum atomic E-state index is -0.457. The summed E-state index contributed by atoms with van der Waals surface area (Å²) in [6, 6.07) is 6.40. The molecule has 4 aliphatic carbocycles. The van der Waals surface area contributed by atoms with Crippen LogP contribution in [0.15, 0.2) is 24.3 Å². The molecule has 4 fully saturated rings. The molecule has 0 aliphatic heterocycles. The Bertz CT molecular complexity index is 742. The van der Waals surface area contributed by atoms with Gasteiger partial charge in [0.1, 0.15) is 0 Å². The van der Waals surface area contributed by atoms with E-state index in [2.05, 4.69) is 16.2 Å². The van der Waals surface area contributed by atoms with Crippen molar-refractivity contribution in [2.75, 3.05) is 6.54 Å². The van der Waals surface area contributed by atoms with E-state index in [1.54, 1.807) is 24.3 Å². The van der Waals surface area contributed by atoms with E-state index >= 15 is 0 Å². The lowest BCUT2D eigenvalue weighted by atomic mass is 9.49. The van der Waals surface area contributed by atoms with Crippen LogP contribution in [0.1, 0.15) is 55.3 Å². The first-order chi connectivity index (χ1) is 13.4. The van der Waals surface area contributed by atoms with Gasteiger partial charge in [-0.15, -0.1) is 0 Å². The van der Waals surface area contributed by atoms with Crippen molar-refractivity contribution in [3.05, 3.63) is 34.9 Å². The molecule has 0 spiro atoms. The molecular formula is C21H26ClN3O3. The van der Waals surface area contributed by atoms with E-state index in [0.29, 0.717) is 17.0 Å². The molecule has 3 N–H and O–H groups in total. The molecule has 4 bridgehead atoms. The van der Waals surface area contributed by atoms with Crippen molar-refractivity contribution in [1.29, 1.82) is 0 Å². The van der Waals surface area contributed by atoms with Crippen LogP contribution < -0.4 is 16.2 Å². The molecule has 0 saturated heterocycles. The summed E-state index contributed by atoms with van der Waals surface area (Å²) in [5.74, 6) is 1.40. The van der Waals surface area contributed by atoms with E-state index in [1.807, 2.05) is 0 Å². The first kappa shape index (κ1) is 19.2. The van der Waals surface area contributed by atoms with E-state index < -0.39 is 5.91 Å². The lowest BCUT2D eigenvalue weighted by Crippen LogP contribution is -2.51. The average molecular weight is 404 g/mol. The van der Waals surface area contributed by atoms with Gasteiger partial charge in [-0.05, 0) is 86.0 Å². The standard InChI is InChI=1S/C21H26ClN3O3/c22-17-3-1-16(2-4-17)20(28)23-12-19(27)25-24-18(26)11-21-8-13-5-14(9-21)7-15(6-13)10-21/h1-4,13-15H,5-12H2,(H,23,28)(H,24,26)(H,25,27). The number of hydrogen-bond donors (Lipinski definition) is 3. The number of hydrogen-bond acceptors (Lipinski definition) is 3. The maximum atomic E-state index is 12.4.